The molecule has 9 rings (SSSR count). The van der Waals surface area contributed by atoms with E-state index in [4.69, 9.17) is 0 Å². The van der Waals surface area contributed by atoms with Crippen LogP contribution in [0, 0.1) is 0 Å². The van der Waals surface area contributed by atoms with Crippen LogP contribution in [0.15, 0.2) is 176 Å². The highest BCUT2D eigenvalue weighted by atomic mass is 32.1. The van der Waals surface area contributed by atoms with Crippen LogP contribution in [0.1, 0.15) is 0 Å². The summed E-state index contributed by atoms with van der Waals surface area (Å²) in [5.41, 5.74) is 8.26. The molecule has 0 amide bonds. The summed E-state index contributed by atoms with van der Waals surface area (Å²) in [6, 6.07) is 64.0. The molecule has 9 aromatic rings. The summed E-state index contributed by atoms with van der Waals surface area (Å²) in [5.74, 6) is 0. The van der Waals surface area contributed by atoms with Crippen molar-refractivity contribution in [1.82, 2.24) is 0 Å². The Morgan fingerprint density at radius 3 is 1.91 bits per heavy atom. The van der Waals surface area contributed by atoms with Gasteiger partial charge in [-0.3, -0.25) is 0 Å². The minimum absolute atomic E-state index is 1.12. The molecule has 0 aliphatic carbocycles. The van der Waals surface area contributed by atoms with Gasteiger partial charge < -0.3 is 4.90 Å². The van der Waals surface area contributed by atoms with Crippen molar-refractivity contribution >= 4 is 70.1 Å². The van der Waals surface area contributed by atoms with Crippen molar-refractivity contribution in [3.8, 4) is 22.3 Å². The quantitative estimate of drug-likeness (QED) is 0.177. The van der Waals surface area contributed by atoms with Gasteiger partial charge in [-0.1, -0.05) is 133 Å². The van der Waals surface area contributed by atoms with Crippen LogP contribution >= 0.6 is 11.3 Å². The summed E-state index contributed by atoms with van der Waals surface area (Å²) < 4.78 is 2.66. The van der Waals surface area contributed by atoms with E-state index in [-0.39, 0.29) is 0 Å². The molecule has 1 aromatic heterocycles. The van der Waals surface area contributed by atoms with Gasteiger partial charge >= 0.3 is 0 Å². The van der Waals surface area contributed by atoms with E-state index in [1.807, 2.05) is 11.3 Å². The van der Waals surface area contributed by atoms with Gasteiger partial charge in [0.25, 0.3) is 0 Å². The topological polar surface area (TPSA) is 3.24 Å². The Morgan fingerprint density at radius 2 is 1.02 bits per heavy atom. The predicted octanol–water partition coefficient (Wildman–Crippen LogP) is 13.2. The van der Waals surface area contributed by atoms with Crippen LogP contribution in [0.5, 0.6) is 0 Å². The molecule has 0 fully saturated rings. The number of para-hydroxylation sites is 1. The van der Waals surface area contributed by atoms with Gasteiger partial charge in [-0.2, -0.15) is 0 Å². The molecule has 1 nitrogen and oxygen atoms in total. The molecule has 216 valence electrons. The lowest BCUT2D eigenvalue weighted by Crippen LogP contribution is -2.12. The maximum Gasteiger partial charge on any atom is 0.0546 e. The molecule has 0 spiro atoms. The van der Waals surface area contributed by atoms with E-state index >= 15 is 0 Å². The highest BCUT2D eigenvalue weighted by Crippen LogP contribution is 2.45. The van der Waals surface area contributed by atoms with Gasteiger partial charge in [-0.15, -0.1) is 11.3 Å². The Labute approximate surface area is 272 Å². The Kier molecular flexibility index (Phi) is 6.40. The van der Waals surface area contributed by atoms with Crippen molar-refractivity contribution in [2.45, 2.75) is 0 Å². The Balaban J connectivity index is 1.25. The standard InChI is InChI=1S/C44H29NS/c1-2-11-31(12-3-1)36-15-6-8-18-40(36)45(41-19-10-14-33-22-21-32-13-4-5-16-37(32)44(33)41)35-26-23-30(24-27-35)34-25-28-43-39(29-34)38-17-7-9-20-42(38)46-43/h1-29H. The zero-order valence-electron chi connectivity index (χ0n) is 25.1. The number of thiophene rings is 1. The molecule has 0 radical (unpaired) electrons. The van der Waals surface area contributed by atoms with Crippen LogP contribution in [-0.2, 0) is 0 Å². The number of hydrogen-bond acceptors (Lipinski definition) is 2. The number of hydrogen-bond donors (Lipinski definition) is 0. The summed E-state index contributed by atoms with van der Waals surface area (Å²) in [5, 5.41) is 7.63. The summed E-state index contributed by atoms with van der Waals surface area (Å²) in [6.07, 6.45) is 0. The minimum atomic E-state index is 1.12. The first-order valence-electron chi connectivity index (χ1n) is 15.7. The molecule has 2 heteroatoms. The second-order valence-electron chi connectivity index (χ2n) is 11.7. The molecular formula is C44H29NS. The van der Waals surface area contributed by atoms with E-state index in [0.717, 1.165) is 17.1 Å². The third-order valence-corrected chi connectivity index (χ3v) is 10.2. The molecule has 8 aromatic carbocycles. The summed E-state index contributed by atoms with van der Waals surface area (Å²) in [6.45, 7) is 0. The second-order valence-corrected chi connectivity index (χ2v) is 12.8. The molecule has 0 aliphatic rings. The lowest BCUT2D eigenvalue weighted by molar-refractivity contribution is 1.30. The van der Waals surface area contributed by atoms with Crippen LogP contribution < -0.4 is 4.90 Å². The van der Waals surface area contributed by atoms with E-state index < -0.39 is 0 Å². The predicted molar refractivity (Wildman–Crippen MR) is 200 cm³/mol. The van der Waals surface area contributed by atoms with Crippen molar-refractivity contribution in [2.24, 2.45) is 0 Å². The monoisotopic (exact) mass is 603 g/mol. The number of nitrogens with zero attached hydrogens (tertiary/aromatic N) is 1. The SMILES string of the molecule is c1ccc(-c2ccccc2N(c2ccc(-c3ccc4sc5ccccc5c4c3)cc2)c2cccc3ccc4ccccc4c23)cc1. The third kappa shape index (κ3) is 4.46. The number of anilines is 3. The van der Waals surface area contributed by atoms with E-state index in [9.17, 15) is 0 Å². The Hall–Kier alpha value is -5.70. The molecule has 46 heavy (non-hydrogen) atoms. The van der Waals surface area contributed by atoms with Crippen molar-refractivity contribution in [3.05, 3.63) is 176 Å². The van der Waals surface area contributed by atoms with Crippen molar-refractivity contribution in [2.75, 3.05) is 4.90 Å². The van der Waals surface area contributed by atoms with Gasteiger partial charge in [0.1, 0.15) is 0 Å². The molecule has 0 saturated carbocycles. The maximum absolute atomic E-state index is 2.44. The van der Waals surface area contributed by atoms with Crippen molar-refractivity contribution in [3.63, 3.8) is 0 Å². The van der Waals surface area contributed by atoms with Crippen LogP contribution in [0.25, 0.3) is 64.0 Å². The molecule has 0 saturated heterocycles. The van der Waals surface area contributed by atoms with Gasteiger partial charge in [0.15, 0.2) is 0 Å². The van der Waals surface area contributed by atoms with Gasteiger partial charge in [-0.05, 0) is 75.3 Å². The van der Waals surface area contributed by atoms with Gasteiger partial charge in [0, 0.05) is 36.8 Å². The molecule has 1 heterocycles. The van der Waals surface area contributed by atoms with Crippen LogP contribution in [0.2, 0.25) is 0 Å². The largest absolute Gasteiger partial charge is 0.309 e. The van der Waals surface area contributed by atoms with E-state index in [1.165, 1.54) is 64.0 Å². The Morgan fingerprint density at radius 1 is 0.370 bits per heavy atom. The van der Waals surface area contributed by atoms with E-state index in [2.05, 4.69) is 181 Å². The first-order chi connectivity index (χ1) is 22.8. The van der Waals surface area contributed by atoms with Crippen LogP contribution in [0.3, 0.4) is 0 Å². The number of fused-ring (bicyclic) bond motifs is 6. The first kappa shape index (κ1) is 26.7. The minimum Gasteiger partial charge on any atom is -0.309 e. The van der Waals surface area contributed by atoms with Gasteiger partial charge in [0.05, 0.1) is 11.4 Å². The summed E-state index contributed by atoms with van der Waals surface area (Å²) in [4.78, 5) is 2.44. The lowest BCUT2D eigenvalue weighted by Gasteiger charge is -2.29. The first-order valence-corrected chi connectivity index (χ1v) is 16.5. The zero-order valence-corrected chi connectivity index (χ0v) is 25.9. The molecule has 0 N–H and O–H groups in total. The smallest absolute Gasteiger partial charge is 0.0546 e. The number of rotatable bonds is 5. The highest BCUT2D eigenvalue weighted by Gasteiger charge is 2.20. The van der Waals surface area contributed by atoms with Crippen molar-refractivity contribution in [1.29, 1.82) is 0 Å². The van der Waals surface area contributed by atoms with Crippen LogP contribution in [0.4, 0.5) is 17.1 Å². The Bertz CT molecular complexity index is 2530. The lowest BCUT2D eigenvalue weighted by atomic mass is 9.97. The molecule has 0 atom stereocenters. The maximum atomic E-state index is 2.44. The summed E-state index contributed by atoms with van der Waals surface area (Å²) in [7, 11) is 0. The number of benzene rings is 8. The fourth-order valence-electron chi connectivity index (χ4n) is 6.87. The normalized spacial score (nSPS) is 11.5. The highest BCUT2D eigenvalue weighted by molar-refractivity contribution is 7.25. The zero-order chi connectivity index (χ0) is 30.5. The van der Waals surface area contributed by atoms with Gasteiger partial charge in [0.2, 0.25) is 0 Å². The fraction of sp³-hybridized carbons (Fsp3) is 0. The van der Waals surface area contributed by atoms with Crippen LogP contribution in [-0.4, -0.2) is 0 Å². The molecule has 0 aliphatic heterocycles. The fourth-order valence-corrected chi connectivity index (χ4v) is 7.96. The average molecular weight is 604 g/mol. The average Bonchev–Trinajstić information content (AvgIpc) is 3.51. The third-order valence-electron chi connectivity index (χ3n) is 9.05. The molecule has 0 unspecified atom stereocenters. The van der Waals surface area contributed by atoms with E-state index in [0.29, 0.717) is 0 Å². The summed E-state index contributed by atoms with van der Waals surface area (Å²) >= 11 is 1.86. The molecular weight excluding hydrogens is 575 g/mol. The van der Waals surface area contributed by atoms with E-state index in [1.54, 1.807) is 0 Å². The second kappa shape index (κ2) is 11.0. The van der Waals surface area contributed by atoms with Crippen molar-refractivity contribution < 1.29 is 0 Å². The van der Waals surface area contributed by atoms with Gasteiger partial charge in [-0.25, -0.2) is 0 Å². The molecule has 0 bridgehead atoms.